The molecule has 0 aromatic rings. The first-order valence-electron chi connectivity index (χ1n) is 18.4. The monoisotopic (exact) mass is 670 g/mol. The molecule has 0 saturated carbocycles. The Morgan fingerprint density at radius 3 is 1.77 bits per heavy atom. The van der Waals surface area contributed by atoms with Gasteiger partial charge in [-0.1, -0.05) is 90.0 Å². The molecule has 6 nitrogen and oxygen atoms in total. The van der Waals surface area contributed by atoms with Crippen molar-refractivity contribution in [2.24, 2.45) is 5.92 Å². The van der Waals surface area contributed by atoms with Gasteiger partial charge in [-0.15, -0.1) is 0 Å². The lowest BCUT2D eigenvalue weighted by molar-refractivity contribution is -0.176. The molecule has 3 aliphatic rings. The van der Waals surface area contributed by atoms with Crippen LogP contribution in [0.25, 0.3) is 0 Å². The van der Waals surface area contributed by atoms with Crippen LogP contribution < -0.4 is 0 Å². The summed E-state index contributed by atoms with van der Waals surface area (Å²) in [5.74, 6) is 0.233. The topological polar surface area (TPSA) is 66.5 Å². The number of carbonyl (C=O) groups is 1. The molecule has 44 heavy (non-hydrogen) atoms. The summed E-state index contributed by atoms with van der Waals surface area (Å²) in [6.07, 6.45) is 0.836. The number of hydrogen-bond donors (Lipinski definition) is 0. The Morgan fingerprint density at radius 2 is 1.32 bits per heavy atom. The summed E-state index contributed by atoms with van der Waals surface area (Å²) >= 11 is 0. The summed E-state index contributed by atoms with van der Waals surface area (Å²) in [5, 5.41) is 0. The molecule has 0 aromatic carbocycles. The molecule has 0 N–H and O–H groups in total. The largest absolute Gasteiger partial charge is 0.416 e. The van der Waals surface area contributed by atoms with Gasteiger partial charge in [0.15, 0.2) is 30.7 Å². The van der Waals surface area contributed by atoms with Crippen LogP contribution >= 0.6 is 0 Å². The van der Waals surface area contributed by atoms with E-state index in [4.69, 9.17) is 22.8 Å². The van der Waals surface area contributed by atoms with Crippen LogP contribution in [0.15, 0.2) is 0 Å². The third-order valence-electron chi connectivity index (χ3n) is 12.8. The summed E-state index contributed by atoms with van der Waals surface area (Å²) in [6.45, 7) is 33.1. The maximum atomic E-state index is 13.6. The number of fused-ring (bicyclic) bond motifs is 4. The van der Waals surface area contributed by atoms with Gasteiger partial charge in [0.25, 0.3) is 0 Å². The van der Waals surface area contributed by atoms with Crippen molar-refractivity contribution in [2.75, 3.05) is 6.61 Å². The molecule has 0 unspecified atom stereocenters. The minimum Gasteiger partial charge on any atom is -0.416 e. The van der Waals surface area contributed by atoms with Crippen LogP contribution in [0.5, 0.6) is 0 Å². The van der Waals surface area contributed by atoms with Crippen molar-refractivity contribution >= 4 is 30.7 Å². The highest BCUT2D eigenvalue weighted by atomic mass is 28.4. The average molecular weight is 671 g/mol. The van der Waals surface area contributed by atoms with Crippen LogP contribution in [0.3, 0.4) is 0 Å². The molecule has 0 radical (unpaired) electrons. The van der Waals surface area contributed by atoms with E-state index in [1.807, 2.05) is 0 Å². The van der Waals surface area contributed by atoms with E-state index in [0.29, 0.717) is 36.1 Å². The van der Waals surface area contributed by atoms with Gasteiger partial charge in [-0.3, -0.25) is 4.79 Å². The number of rotatable bonds is 17. The zero-order chi connectivity index (χ0) is 33.3. The number of carbonyl (C=O) groups excluding carboxylic acids is 1. The number of ether oxygens (including phenoxy) is 2. The Morgan fingerprint density at radius 1 is 0.818 bits per heavy atom. The molecule has 3 aliphatic heterocycles. The zero-order valence-electron chi connectivity index (χ0n) is 31.1. The molecule has 9 heteroatoms. The van der Waals surface area contributed by atoms with Crippen molar-refractivity contribution in [2.45, 2.75) is 205 Å². The predicted molar refractivity (Wildman–Crippen MR) is 190 cm³/mol. The van der Waals surface area contributed by atoms with Gasteiger partial charge in [0, 0.05) is 25.4 Å². The molecule has 2 bridgehead atoms. The lowest BCUT2D eigenvalue weighted by Gasteiger charge is -2.51. The Balaban J connectivity index is 2.14. The van der Waals surface area contributed by atoms with Crippen LogP contribution in [0.4, 0.5) is 0 Å². The molecule has 7 atom stereocenters. The summed E-state index contributed by atoms with van der Waals surface area (Å²) < 4.78 is 36.0. The molecular formula is C35H70O6Si3. The molecule has 3 saturated heterocycles. The van der Waals surface area contributed by atoms with Crippen molar-refractivity contribution in [3.05, 3.63) is 0 Å². The SMILES string of the molecule is CC[Si](CC)(CC)O[C@H]1C[C@@](C)(O[Si](CC)(CC)CC)[C@H]2CCC(=O)[C@H](O2)[C@@H]2O[C@]12[C@H](C)CO[Si](C(C)C)(C(C)C)C(C)C. The van der Waals surface area contributed by atoms with E-state index in [0.717, 1.165) is 42.7 Å². The fourth-order valence-electron chi connectivity index (χ4n) is 9.45. The van der Waals surface area contributed by atoms with E-state index < -0.39 is 42.3 Å². The van der Waals surface area contributed by atoms with Crippen molar-refractivity contribution in [3.63, 3.8) is 0 Å². The molecular weight excluding hydrogens is 601 g/mol. The molecule has 258 valence electrons. The van der Waals surface area contributed by atoms with E-state index in [9.17, 15) is 4.79 Å². The van der Waals surface area contributed by atoms with E-state index in [-0.39, 0.29) is 30.0 Å². The summed E-state index contributed by atoms with van der Waals surface area (Å²) in [4.78, 5) is 13.6. The zero-order valence-corrected chi connectivity index (χ0v) is 34.1. The van der Waals surface area contributed by atoms with Gasteiger partial charge in [-0.2, -0.15) is 0 Å². The van der Waals surface area contributed by atoms with E-state index in [1.54, 1.807) is 0 Å². The normalized spacial score (nSPS) is 32.2. The number of Topliss-reactive ketones (excluding diaryl/α,β-unsaturated/α-hetero) is 1. The minimum absolute atomic E-state index is 0.0579. The Kier molecular flexibility index (Phi) is 12.9. The predicted octanol–water partition coefficient (Wildman–Crippen LogP) is 9.64. The van der Waals surface area contributed by atoms with Crippen molar-refractivity contribution in [1.82, 2.24) is 0 Å². The number of ketones is 1. The highest BCUT2D eigenvalue weighted by Crippen LogP contribution is 2.57. The van der Waals surface area contributed by atoms with Gasteiger partial charge in [0.1, 0.15) is 17.8 Å². The Hall–Kier alpha value is 0.121. The first kappa shape index (κ1) is 38.6. The van der Waals surface area contributed by atoms with Gasteiger partial charge in [0.2, 0.25) is 0 Å². The Labute approximate surface area is 274 Å². The standard InChI is InChI=1S/C35H70O6Si3/c1-15-42(16-2,17-3)40-31-23-34(14,41-43(18-4,19-5)20-6)30-22-21-29(36)32(38-30)33-35(31,39-33)28(13)24-37-44(25(7)8,26(9)10)27(11)12/h25-28,30-33H,15-24H2,1-14H3/t28-,30-,31+,32+,33+,34-,35-/m1/s1. The summed E-state index contributed by atoms with van der Waals surface area (Å²) in [7, 11) is -6.15. The van der Waals surface area contributed by atoms with Crippen LogP contribution in [-0.2, 0) is 27.5 Å². The van der Waals surface area contributed by atoms with Gasteiger partial charge in [0.05, 0.1) is 17.8 Å². The quantitative estimate of drug-likeness (QED) is 0.113. The molecule has 0 aromatic heterocycles. The maximum absolute atomic E-state index is 13.6. The maximum Gasteiger partial charge on any atom is 0.200 e. The van der Waals surface area contributed by atoms with Gasteiger partial charge in [-0.25, -0.2) is 0 Å². The fraction of sp³-hybridized carbons (Fsp3) is 0.971. The molecule has 3 fully saturated rings. The van der Waals surface area contributed by atoms with Gasteiger partial charge >= 0.3 is 0 Å². The van der Waals surface area contributed by atoms with Crippen molar-refractivity contribution in [1.29, 1.82) is 0 Å². The van der Waals surface area contributed by atoms with Crippen LogP contribution in [0.2, 0.25) is 52.9 Å². The lowest BCUT2D eigenvalue weighted by Crippen LogP contribution is -2.63. The van der Waals surface area contributed by atoms with E-state index >= 15 is 0 Å². The smallest absolute Gasteiger partial charge is 0.200 e. The second kappa shape index (κ2) is 14.7. The van der Waals surface area contributed by atoms with Gasteiger partial charge in [-0.05, 0) is 66.2 Å². The molecule has 0 amide bonds. The fourth-order valence-corrected chi connectivity index (χ4v) is 21.0. The van der Waals surface area contributed by atoms with Crippen LogP contribution in [0.1, 0.15) is 116 Å². The number of epoxide rings is 1. The second-order valence-electron chi connectivity index (χ2n) is 15.7. The third kappa shape index (κ3) is 6.83. The van der Waals surface area contributed by atoms with Crippen LogP contribution in [0, 0.1) is 5.92 Å². The highest BCUT2D eigenvalue weighted by molar-refractivity contribution is 6.77. The highest BCUT2D eigenvalue weighted by Gasteiger charge is 2.73. The first-order valence-corrected chi connectivity index (χ1v) is 25.6. The third-order valence-corrected chi connectivity index (χ3v) is 28.3. The second-order valence-corrected chi connectivity index (χ2v) is 30.6. The first-order chi connectivity index (χ1) is 20.6. The molecule has 0 aliphatic carbocycles. The summed E-state index contributed by atoms with van der Waals surface area (Å²) in [6, 6.07) is 6.45. The van der Waals surface area contributed by atoms with E-state index in [2.05, 4.69) is 96.9 Å². The summed E-state index contributed by atoms with van der Waals surface area (Å²) in [5.41, 5.74) is 0.353. The number of hydrogen-bond acceptors (Lipinski definition) is 6. The minimum atomic E-state index is -2.10. The molecule has 0 spiro atoms. The lowest BCUT2D eigenvalue weighted by atomic mass is 9.74. The van der Waals surface area contributed by atoms with Crippen molar-refractivity contribution in [3.8, 4) is 0 Å². The molecule has 3 heterocycles. The molecule has 3 rings (SSSR count). The van der Waals surface area contributed by atoms with Crippen molar-refractivity contribution < 1.29 is 27.5 Å². The van der Waals surface area contributed by atoms with Gasteiger partial charge < -0.3 is 22.8 Å². The average Bonchev–Trinajstić information content (AvgIpc) is 3.74. The van der Waals surface area contributed by atoms with Crippen LogP contribution in [-0.4, -0.2) is 73.0 Å². The van der Waals surface area contributed by atoms with E-state index in [1.165, 1.54) is 0 Å². The Bertz CT molecular complexity index is 912.